The molecule has 0 aliphatic rings. The van der Waals surface area contributed by atoms with Crippen molar-refractivity contribution < 1.29 is 24.0 Å². The topological polar surface area (TPSA) is 119 Å². The number of esters is 1. The van der Waals surface area contributed by atoms with E-state index in [1.807, 2.05) is 0 Å². The third kappa shape index (κ3) is 5.79. The maximum absolute atomic E-state index is 12.7. The number of amides is 2. The van der Waals surface area contributed by atoms with Gasteiger partial charge in [-0.2, -0.15) is 0 Å². The second-order valence-electron chi connectivity index (χ2n) is 5.96. The summed E-state index contributed by atoms with van der Waals surface area (Å²) in [6, 6.07) is 10.0. The monoisotopic (exact) mass is 417 g/mol. The van der Waals surface area contributed by atoms with Gasteiger partial charge in [-0.1, -0.05) is 12.1 Å². The van der Waals surface area contributed by atoms with Gasteiger partial charge in [-0.15, -0.1) is 0 Å². The molecule has 2 aromatic carbocycles. The highest BCUT2D eigenvalue weighted by Crippen LogP contribution is 2.29. The van der Waals surface area contributed by atoms with Crippen molar-refractivity contribution in [3.63, 3.8) is 0 Å². The quantitative estimate of drug-likeness (QED) is 0.329. The molecule has 0 bridgehead atoms. The van der Waals surface area contributed by atoms with E-state index >= 15 is 0 Å². The number of non-ortho nitro benzene ring substituents is 1. The Bertz CT molecular complexity index is 961. The standard InChI is InChI=1S/C19H19N3O6S/c1-4-28-18(24)13-9-12(10-14(11-13)22(26)27)17(23)20-15-7-5-6-8-16(15)29-19(25)21(2)3/h5-11H,4H2,1-3H3,(H,20,23). The molecule has 1 N–H and O–H groups in total. The van der Waals surface area contributed by atoms with Crippen LogP contribution in [0.2, 0.25) is 0 Å². The van der Waals surface area contributed by atoms with Crippen LogP contribution in [0.25, 0.3) is 0 Å². The fraction of sp³-hybridized carbons (Fsp3) is 0.211. The molecule has 0 fully saturated rings. The van der Waals surface area contributed by atoms with Crippen molar-refractivity contribution in [2.75, 3.05) is 26.0 Å². The van der Waals surface area contributed by atoms with E-state index in [0.717, 1.165) is 23.9 Å². The Morgan fingerprint density at radius 2 is 1.79 bits per heavy atom. The number of ether oxygens (including phenoxy) is 1. The third-order valence-electron chi connectivity index (χ3n) is 3.60. The number of nitrogens with one attached hydrogen (secondary N) is 1. The summed E-state index contributed by atoms with van der Waals surface area (Å²) in [5, 5.41) is 13.6. The highest BCUT2D eigenvalue weighted by atomic mass is 32.2. The molecule has 29 heavy (non-hydrogen) atoms. The van der Waals surface area contributed by atoms with Crippen molar-refractivity contribution in [2.45, 2.75) is 11.8 Å². The van der Waals surface area contributed by atoms with Crippen LogP contribution >= 0.6 is 11.8 Å². The first-order chi connectivity index (χ1) is 13.7. The Labute approximate surface area is 171 Å². The fourth-order valence-corrected chi connectivity index (χ4v) is 2.97. The highest BCUT2D eigenvalue weighted by molar-refractivity contribution is 8.13. The van der Waals surface area contributed by atoms with Gasteiger partial charge in [0.25, 0.3) is 16.8 Å². The minimum absolute atomic E-state index is 0.0824. The van der Waals surface area contributed by atoms with Crippen LogP contribution in [-0.2, 0) is 4.74 Å². The van der Waals surface area contributed by atoms with Gasteiger partial charge in [0.1, 0.15) is 0 Å². The molecule has 10 heteroatoms. The molecular weight excluding hydrogens is 398 g/mol. The minimum atomic E-state index is -0.766. The molecule has 0 aliphatic carbocycles. The number of nitro benzene ring substituents is 1. The minimum Gasteiger partial charge on any atom is -0.462 e. The van der Waals surface area contributed by atoms with Gasteiger partial charge in [-0.25, -0.2) is 4.79 Å². The molecule has 0 atom stereocenters. The Balaban J connectivity index is 2.35. The van der Waals surface area contributed by atoms with Gasteiger partial charge in [0.15, 0.2) is 0 Å². The molecule has 0 radical (unpaired) electrons. The zero-order chi connectivity index (χ0) is 21.6. The van der Waals surface area contributed by atoms with Crippen LogP contribution in [0.1, 0.15) is 27.6 Å². The summed E-state index contributed by atoms with van der Waals surface area (Å²) >= 11 is 0.928. The SMILES string of the molecule is CCOC(=O)c1cc(C(=O)Nc2ccccc2SC(=O)N(C)C)cc([N+](=O)[O-])c1. The van der Waals surface area contributed by atoms with Gasteiger partial charge in [0, 0.05) is 36.7 Å². The largest absolute Gasteiger partial charge is 0.462 e. The average Bonchev–Trinajstić information content (AvgIpc) is 2.69. The zero-order valence-corrected chi connectivity index (χ0v) is 16.8. The van der Waals surface area contributed by atoms with Crippen LogP contribution in [0.4, 0.5) is 16.2 Å². The Kier molecular flexibility index (Phi) is 7.32. The van der Waals surface area contributed by atoms with Crippen molar-refractivity contribution in [3.05, 3.63) is 63.7 Å². The lowest BCUT2D eigenvalue weighted by atomic mass is 10.1. The average molecular weight is 417 g/mol. The van der Waals surface area contributed by atoms with Crippen molar-refractivity contribution in [1.29, 1.82) is 0 Å². The number of carbonyl (C=O) groups excluding carboxylic acids is 3. The maximum atomic E-state index is 12.7. The van der Waals surface area contributed by atoms with Crippen molar-refractivity contribution in [3.8, 4) is 0 Å². The Morgan fingerprint density at radius 1 is 1.14 bits per heavy atom. The summed E-state index contributed by atoms with van der Waals surface area (Å²) in [5.41, 5.74) is -0.231. The molecule has 0 spiro atoms. The van der Waals surface area contributed by atoms with Crippen molar-refractivity contribution in [2.24, 2.45) is 0 Å². The summed E-state index contributed by atoms with van der Waals surface area (Å²) in [7, 11) is 3.22. The first kappa shape index (κ1) is 21.9. The van der Waals surface area contributed by atoms with Crippen LogP contribution in [0.3, 0.4) is 0 Å². The van der Waals surface area contributed by atoms with E-state index in [4.69, 9.17) is 4.74 Å². The molecule has 0 unspecified atom stereocenters. The van der Waals surface area contributed by atoms with Crippen molar-refractivity contribution in [1.82, 2.24) is 4.90 Å². The molecule has 152 valence electrons. The first-order valence-electron chi connectivity index (χ1n) is 8.49. The maximum Gasteiger partial charge on any atom is 0.338 e. The number of carbonyl (C=O) groups is 3. The highest BCUT2D eigenvalue weighted by Gasteiger charge is 2.20. The molecule has 2 rings (SSSR count). The predicted molar refractivity (Wildman–Crippen MR) is 108 cm³/mol. The van der Waals surface area contributed by atoms with Gasteiger partial charge in [0.05, 0.1) is 22.8 Å². The van der Waals surface area contributed by atoms with Crippen LogP contribution in [0.5, 0.6) is 0 Å². The molecule has 2 aromatic rings. The van der Waals surface area contributed by atoms with E-state index in [0.29, 0.717) is 10.6 Å². The lowest BCUT2D eigenvalue weighted by Gasteiger charge is -2.13. The summed E-state index contributed by atoms with van der Waals surface area (Å²) in [6.07, 6.45) is 0. The fourth-order valence-electron chi connectivity index (χ4n) is 2.22. The van der Waals surface area contributed by atoms with Crippen LogP contribution in [0, 0.1) is 10.1 Å². The number of hydrogen-bond acceptors (Lipinski definition) is 7. The van der Waals surface area contributed by atoms with Crippen LogP contribution in [-0.4, -0.2) is 47.6 Å². The molecule has 9 nitrogen and oxygen atoms in total. The number of para-hydroxylation sites is 1. The van der Waals surface area contributed by atoms with E-state index in [-0.39, 0.29) is 23.0 Å². The number of hydrogen-bond donors (Lipinski definition) is 1. The number of nitro groups is 1. The second kappa shape index (κ2) is 9.69. The Morgan fingerprint density at radius 3 is 2.41 bits per heavy atom. The molecule has 0 aromatic heterocycles. The van der Waals surface area contributed by atoms with Crippen molar-refractivity contribution >= 4 is 40.3 Å². The van der Waals surface area contributed by atoms with E-state index in [1.165, 1.54) is 11.0 Å². The lowest BCUT2D eigenvalue weighted by molar-refractivity contribution is -0.384. The number of rotatable bonds is 6. The smallest absolute Gasteiger partial charge is 0.338 e. The number of nitrogens with zero attached hydrogens (tertiary/aromatic N) is 2. The predicted octanol–water partition coefficient (Wildman–Crippen LogP) is 3.80. The van der Waals surface area contributed by atoms with Crippen LogP contribution in [0.15, 0.2) is 47.4 Å². The lowest BCUT2D eigenvalue weighted by Crippen LogP contribution is -2.17. The molecule has 0 heterocycles. The Hall–Kier alpha value is -3.40. The molecule has 0 aliphatic heterocycles. The zero-order valence-electron chi connectivity index (χ0n) is 16.0. The first-order valence-corrected chi connectivity index (χ1v) is 9.30. The number of benzene rings is 2. The molecular formula is C19H19N3O6S. The van der Waals surface area contributed by atoms with E-state index in [9.17, 15) is 24.5 Å². The summed E-state index contributed by atoms with van der Waals surface area (Å²) in [5.74, 6) is -1.43. The van der Waals surface area contributed by atoms with Gasteiger partial charge in [0.2, 0.25) is 0 Å². The molecule has 0 saturated carbocycles. The van der Waals surface area contributed by atoms with Gasteiger partial charge in [-0.3, -0.25) is 19.7 Å². The van der Waals surface area contributed by atoms with Gasteiger partial charge >= 0.3 is 5.97 Å². The van der Waals surface area contributed by atoms with Gasteiger partial charge in [-0.05, 0) is 36.9 Å². The van der Waals surface area contributed by atoms with Crippen LogP contribution < -0.4 is 5.32 Å². The van der Waals surface area contributed by atoms with E-state index < -0.39 is 22.5 Å². The third-order valence-corrected chi connectivity index (χ3v) is 4.72. The normalized spacial score (nSPS) is 10.2. The molecule has 2 amide bonds. The second-order valence-corrected chi connectivity index (χ2v) is 6.95. The number of anilines is 1. The molecule has 0 saturated heterocycles. The summed E-state index contributed by atoms with van der Waals surface area (Å²) in [4.78, 5) is 49.0. The summed E-state index contributed by atoms with van der Waals surface area (Å²) in [6.45, 7) is 1.69. The number of thioether (sulfide) groups is 1. The summed E-state index contributed by atoms with van der Waals surface area (Å²) < 4.78 is 4.86. The van der Waals surface area contributed by atoms with Gasteiger partial charge < -0.3 is 15.0 Å². The van der Waals surface area contributed by atoms with E-state index in [2.05, 4.69) is 5.32 Å². The van der Waals surface area contributed by atoms with E-state index in [1.54, 1.807) is 45.3 Å².